The normalized spacial score (nSPS) is 25.2. The van der Waals surface area contributed by atoms with Gasteiger partial charge in [0.15, 0.2) is 0 Å². The van der Waals surface area contributed by atoms with Gasteiger partial charge in [-0.05, 0) is 13.8 Å². The molecule has 0 aromatic rings. The van der Waals surface area contributed by atoms with Crippen molar-refractivity contribution in [3.05, 3.63) is 0 Å². The van der Waals surface area contributed by atoms with Gasteiger partial charge in [0.05, 0.1) is 5.60 Å². The Balaban J connectivity index is 2.65. The first-order valence-corrected chi connectivity index (χ1v) is 3.01. The van der Waals surface area contributed by atoms with Gasteiger partial charge in [-0.1, -0.05) is 0 Å². The zero-order chi connectivity index (χ0) is 7.07. The Morgan fingerprint density at radius 1 is 1.67 bits per heavy atom. The second-order valence-corrected chi connectivity index (χ2v) is 2.97. The third-order valence-electron chi connectivity index (χ3n) is 1.36. The fourth-order valence-corrected chi connectivity index (χ4v) is 0.973. The van der Waals surface area contributed by atoms with Crippen molar-refractivity contribution >= 4 is 5.84 Å². The van der Waals surface area contributed by atoms with Gasteiger partial charge in [0.25, 0.3) is 0 Å². The number of nitrogens with one attached hydrogen (secondary N) is 1. The molecule has 9 heavy (non-hydrogen) atoms. The van der Waals surface area contributed by atoms with Crippen LogP contribution < -0.4 is 0 Å². The second kappa shape index (κ2) is 1.70. The summed E-state index contributed by atoms with van der Waals surface area (Å²) in [6, 6.07) is 0. The van der Waals surface area contributed by atoms with Crippen LogP contribution in [0.4, 0.5) is 0 Å². The van der Waals surface area contributed by atoms with Gasteiger partial charge in [-0.25, -0.2) is 5.06 Å². The van der Waals surface area contributed by atoms with Gasteiger partial charge in [-0.15, -0.1) is 0 Å². The van der Waals surface area contributed by atoms with E-state index in [0.717, 1.165) is 0 Å². The number of nitrogens with zero attached hydrogens (tertiary/aromatic N) is 1. The molecule has 0 radical (unpaired) electrons. The lowest BCUT2D eigenvalue weighted by molar-refractivity contribution is -0.141. The predicted molar refractivity (Wildman–Crippen MR) is 35.3 cm³/mol. The summed E-state index contributed by atoms with van der Waals surface area (Å²) < 4.78 is 0. The van der Waals surface area contributed by atoms with Crippen molar-refractivity contribution in [2.45, 2.75) is 25.9 Å². The van der Waals surface area contributed by atoms with Crippen molar-refractivity contribution in [2.75, 3.05) is 7.05 Å². The molecule has 1 fully saturated rings. The van der Waals surface area contributed by atoms with Crippen LogP contribution in [0.1, 0.15) is 20.3 Å². The molecule has 0 saturated carbocycles. The van der Waals surface area contributed by atoms with E-state index >= 15 is 0 Å². The van der Waals surface area contributed by atoms with Crippen molar-refractivity contribution in [3.63, 3.8) is 0 Å². The lowest BCUT2D eigenvalue weighted by atomic mass is 10.1. The van der Waals surface area contributed by atoms with Crippen LogP contribution in [0.25, 0.3) is 0 Å². The van der Waals surface area contributed by atoms with Crippen molar-refractivity contribution < 1.29 is 4.84 Å². The number of amidine groups is 1. The first-order chi connectivity index (χ1) is 4.01. The standard InChI is InChI=1S/C6H12N2O/c1-6(2)4-5(7)8(3)9-6/h7H,4H2,1-3H3. The maximum atomic E-state index is 7.31. The van der Waals surface area contributed by atoms with Crippen molar-refractivity contribution in [3.8, 4) is 0 Å². The molecular formula is C6H12N2O. The highest BCUT2D eigenvalue weighted by Crippen LogP contribution is 2.23. The molecule has 1 heterocycles. The number of rotatable bonds is 0. The van der Waals surface area contributed by atoms with Crippen LogP contribution in [0.3, 0.4) is 0 Å². The molecule has 0 aromatic heterocycles. The highest BCUT2D eigenvalue weighted by molar-refractivity contribution is 5.80. The molecule has 3 nitrogen and oxygen atoms in total. The zero-order valence-electron chi connectivity index (χ0n) is 6.06. The van der Waals surface area contributed by atoms with Gasteiger partial charge in [-0.2, -0.15) is 0 Å². The molecular weight excluding hydrogens is 116 g/mol. The van der Waals surface area contributed by atoms with Crippen LogP contribution in [0.2, 0.25) is 0 Å². The van der Waals surface area contributed by atoms with Crippen LogP contribution in [0.15, 0.2) is 0 Å². The second-order valence-electron chi connectivity index (χ2n) is 2.97. The quantitative estimate of drug-likeness (QED) is 0.528. The minimum Gasteiger partial charge on any atom is -0.287 e. The minimum absolute atomic E-state index is 0.161. The topological polar surface area (TPSA) is 36.3 Å². The summed E-state index contributed by atoms with van der Waals surface area (Å²) in [5.74, 6) is 0.556. The van der Waals surface area contributed by atoms with E-state index in [1.807, 2.05) is 13.8 Å². The van der Waals surface area contributed by atoms with E-state index in [-0.39, 0.29) is 5.60 Å². The Bertz CT molecular complexity index is 142. The Morgan fingerprint density at radius 2 is 2.22 bits per heavy atom. The van der Waals surface area contributed by atoms with Crippen molar-refractivity contribution in [1.82, 2.24) is 5.06 Å². The van der Waals surface area contributed by atoms with E-state index in [9.17, 15) is 0 Å². The van der Waals surface area contributed by atoms with Crippen molar-refractivity contribution in [2.24, 2.45) is 0 Å². The summed E-state index contributed by atoms with van der Waals surface area (Å²) in [4.78, 5) is 5.27. The van der Waals surface area contributed by atoms with Crippen LogP contribution >= 0.6 is 0 Å². The Labute approximate surface area is 55.1 Å². The molecule has 0 bridgehead atoms. The molecule has 0 unspecified atom stereocenters. The molecule has 0 atom stereocenters. The van der Waals surface area contributed by atoms with E-state index in [2.05, 4.69) is 0 Å². The first kappa shape index (κ1) is 6.55. The summed E-state index contributed by atoms with van der Waals surface area (Å²) in [6.07, 6.45) is 0.712. The number of hydroxylamine groups is 2. The Kier molecular flexibility index (Phi) is 1.24. The van der Waals surface area contributed by atoms with E-state index in [0.29, 0.717) is 12.3 Å². The van der Waals surface area contributed by atoms with Gasteiger partial charge in [0.1, 0.15) is 5.84 Å². The highest BCUT2D eigenvalue weighted by atomic mass is 16.7. The summed E-state index contributed by atoms with van der Waals surface area (Å²) in [5, 5.41) is 8.83. The average Bonchev–Trinajstić information content (AvgIpc) is 1.79. The molecule has 0 amide bonds. The molecule has 1 rings (SSSR count). The van der Waals surface area contributed by atoms with E-state index in [1.165, 1.54) is 5.06 Å². The van der Waals surface area contributed by atoms with Crippen LogP contribution in [-0.4, -0.2) is 23.5 Å². The summed E-state index contributed by atoms with van der Waals surface area (Å²) in [6.45, 7) is 3.95. The van der Waals surface area contributed by atoms with Gasteiger partial charge in [0.2, 0.25) is 0 Å². The third kappa shape index (κ3) is 1.21. The van der Waals surface area contributed by atoms with Crippen LogP contribution in [0.5, 0.6) is 0 Å². The molecule has 1 aliphatic rings. The number of hydrogen-bond acceptors (Lipinski definition) is 2. The van der Waals surface area contributed by atoms with Crippen molar-refractivity contribution in [1.29, 1.82) is 5.41 Å². The molecule has 0 aliphatic carbocycles. The fourth-order valence-electron chi connectivity index (χ4n) is 0.973. The highest BCUT2D eigenvalue weighted by Gasteiger charge is 2.32. The molecule has 1 N–H and O–H groups in total. The molecule has 0 aromatic carbocycles. The lowest BCUT2D eigenvalue weighted by Crippen LogP contribution is -2.21. The maximum absolute atomic E-state index is 7.31. The molecule has 1 aliphatic heterocycles. The number of hydrogen-bond donors (Lipinski definition) is 1. The van der Waals surface area contributed by atoms with E-state index in [1.54, 1.807) is 7.05 Å². The molecule has 1 saturated heterocycles. The van der Waals surface area contributed by atoms with E-state index < -0.39 is 0 Å². The van der Waals surface area contributed by atoms with Gasteiger partial charge >= 0.3 is 0 Å². The Hall–Kier alpha value is -0.570. The van der Waals surface area contributed by atoms with Gasteiger partial charge < -0.3 is 0 Å². The monoisotopic (exact) mass is 128 g/mol. The molecule has 3 heteroatoms. The fraction of sp³-hybridized carbons (Fsp3) is 0.833. The summed E-state index contributed by atoms with van der Waals surface area (Å²) in [5.41, 5.74) is -0.161. The predicted octanol–water partition coefficient (Wildman–Crippen LogP) is 1.01. The smallest absolute Gasteiger partial charge is 0.123 e. The zero-order valence-corrected chi connectivity index (χ0v) is 6.06. The third-order valence-corrected chi connectivity index (χ3v) is 1.36. The average molecular weight is 128 g/mol. The minimum atomic E-state index is -0.161. The van der Waals surface area contributed by atoms with Crippen LogP contribution in [-0.2, 0) is 4.84 Å². The summed E-state index contributed by atoms with van der Waals surface area (Å²) >= 11 is 0. The molecule has 0 spiro atoms. The largest absolute Gasteiger partial charge is 0.287 e. The summed E-state index contributed by atoms with van der Waals surface area (Å²) in [7, 11) is 1.76. The Morgan fingerprint density at radius 3 is 2.33 bits per heavy atom. The maximum Gasteiger partial charge on any atom is 0.123 e. The molecule has 52 valence electrons. The lowest BCUT2D eigenvalue weighted by Gasteiger charge is -2.16. The van der Waals surface area contributed by atoms with Crippen LogP contribution in [0, 0.1) is 5.41 Å². The SMILES string of the molecule is CN1OC(C)(C)CC1=N. The van der Waals surface area contributed by atoms with E-state index in [4.69, 9.17) is 10.2 Å². The van der Waals surface area contributed by atoms with Gasteiger partial charge in [0, 0.05) is 13.5 Å². The first-order valence-electron chi connectivity index (χ1n) is 3.01. The van der Waals surface area contributed by atoms with Gasteiger partial charge in [-0.3, -0.25) is 10.2 Å².